The summed E-state index contributed by atoms with van der Waals surface area (Å²) in [4.78, 5) is 25.3. The van der Waals surface area contributed by atoms with Gasteiger partial charge in [0.05, 0.1) is 7.11 Å². The van der Waals surface area contributed by atoms with Crippen LogP contribution in [0.2, 0.25) is 0 Å². The number of rotatable bonds is 3. The quantitative estimate of drug-likeness (QED) is 0.743. The topological polar surface area (TPSA) is 46.6 Å². The molecule has 0 bridgehead atoms. The first-order valence-electron chi connectivity index (χ1n) is 5.88. The number of nitrogens with zero attached hydrogens (tertiary/aromatic N) is 1. The Kier molecular flexibility index (Phi) is 3.94. The second-order valence-corrected chi connectivity index (χ2v) is 4.57. The average molecular weight is 227 g/mol. The van der Waals surface area contributed by atoms with E-state index < -0.39 is 5.54 Å². The van der Waals surface area contributed by atoms with E-state index in [2.05, 4.69) is 0 Å². The van der Waals surface area contributed by atoms with Gasteiger partial charge in [0.15, 0.2) is 5.78 Å². The standard InChI is InChI=1S/C12H21NO3/c1-5-7-12(10(3)14)8-6-9(2)13(12)11(15)16-4/h9H,5-8H2,1-4H3. The summed E-state index contributed by atoms with van der Waals surface area (Å²) in [5.41, 5.74) is -0.624. The van der Waals surface area contributed by atoms with E-state index in [4.69, 9.17) is 4.74 Å². The minimum Gasteiger partial charge on any atom is -0.453 e. The van der Waals surface area contributed by atoms with Gasteiger partial charge in [-0.2, -0.15) is 0 Å². The van der Waals surface area contributed by atoms with E-state index in [0.717, 1.165) is 25.7 Å². The maximum atomic E-state index is 11.9. The van der Waals surface area contributed by atoms with E-state index in [-0.39, 0.29) is 17.9 Å². The summed E-state index contributed by atoms with van der Waals surface area (Å²) in [6.45, 7) is 5.57. The lowest BCUT2D eigenvalue weighted by molar-refractivity contribution is -0.127. The van der Waals surface area contributed by atoms with E-state index in [0.29, 0.717) is 0 Å². The van der Waals surface area contributed by atoms with Crippen molar-refractivity contribution in [1.82, 2.24) is 4.90 Å². The number of likely N-dealkylation sites (tertiary alicyclic amines) is 1. The van der Waals surface area contributed by atoms with E-state index in [1.807, 2.05) is 13.8 Å². The molecule has 0 spiro atoms. The van der Waals surface area contributed by atoms with Crippen molar-refractivity contribution in [3.05, 3.63) is 0 Å². The van der Waals surface area contributed by atoms with Crippen LogP contribution >= 0.6 is 0 Å². The van der Waals surface area contributed by atoms with E-state index >= 15 is 0 Å². The molecular weight excluding hydrogens is 206 g/mol. The predicted octanol–water partition coefficient (Wildman–Crippen LogP) is 2.37. The third-order valence-electron chi connectivity index (χ3n) is 3.57. The zero-order valence-electron chi connectivity index (χ0n) is 10.6. The van der Waals surface area contributed by atoms with Gasteiger partial charge in [-0.3, -0.25) is 9.69 Å². The second-order valence-electron chi connectivity index (χ2n) is 4.57. The summed E-state index contributed by atoms with van der Waals surface area (Å²) in [6, 6.07) is 0.0860. The highest BCUT2D eigenvalue weighted by Gasteiger charge is 2.50. The fourth-order valence-electron chi connectivity index (χ4n) is 2.75. The first-order chi connectivity index (χ1) is 7.49. The van der Waals surface area contributed by atoms with Gasteiger partial charge >= 0.3 is 6.09 Å². The Bertz CT molecular complexity index is 286. The first-order valence-corrected chi connectivity index (χ1v) is 5.88. The molecule has 1 rings (SSSR count). The number of hydrogen-bond acceptors (Lipinski definition) is 3. The van der Waals surface area contributed by atoms with Crippen molar-refractivity contribution in [1.29, 1.82) is 0 Å². The Morgan fingerprint density at radius 3 is 2.56 bits per heavy atom. The normalized spacial score (nSPS) is 29.2. The Hall–Kier alpha value is -1.06. The largest absolute Gasteiger partial charge is 0.453 e. The van der Waals surface area contributed by atoms with Gasteiger partial charge < -0.3 is 4.74 Å². The molecule has 1 aliphatic heterocycles. The number of amides is 1. The molecule has 1 aliphatic rings. The van der Waals surface area contributed by atoms with Crippen LogP contribution in [-0.2, 0) is 9.53 Å². The highest BCUT2D eigenvalue weighted by Crippen LogP contribution is 2.38. The van der Waals surface area contributed by atoms with E-state index in [1.165, 1.54) is 7.11 Å². The SMILES string of the molecule is CCCC1(C(C)=O)CCC(C)N1C(=O)OC. The van der Waals surface area contributed by atoms with Crippen LogP contribution in [-0.4, -0.2) is 35.5 Å². The molecular formula is C12H21NO3. The molecule has 1 fully saturated rings. The van der Waals surface area contributed by atoms with Crippen molar-refractivity contribution in [3.63, 3.8) is 0 Å². The number of ether oxygens (including phenoxy) is 1. The van der Waals surface area contributed by atoms with Crippen molar-refractivity contribution >= 4 is 11.9 Å². The number of carbonyl (C=O) groups is 2. The molecule has 0 aromatic carbocycles. The van der Waals surface area contributed by atoms with Crippen LogP contribution in [0.1, 0.15) is 46.5 Å². The zero-order valence-corrected chi connectivity index (χ0v) is 10.6. The van der Waals surface area contributed by atoms with Gasteiger partial charge in [-0.15, -0.1) is 0 Å². The van der Waals surface area contributed by atoms with Gasteiger partial charge in [-0.25, -0.2) is 4.79 Å². The molecule has 16 heavy (non-hydrogen) atoms. The maximum Gasteiger partial charge on any atom is 0.410 e. The lowest BCUT2D eigenvalue weighted by Gasteiger charge is -2.37. The number of methoxy groups -OCH3 is 1. The number of carbonyl (C=O) groups excluding carboxylic acids is 2. The molecule has 92 valence electrons. The average Bonchev–Trinajstić information content (AvgIpc) is 2.57. The summed E-state index contributed by atoms with van der Waals surface area (Å²) >= 11 is 0. The van der Waals surface area contributed by atoms with Gasteiger partial charge in [0.2, 0.25) is 0 Å². The monoisotopic (exact) mass is 227 g/mol. The Labute approximate surface area is 96.9 Å². The number of Topliss-reactive ketones (excluding diaryl/α,β-unsaturated/α-hetero) is 1. The molecule has 0 saturated carbocycles. The van der Waals surface area contributed by atoms with Crippen LogP contribution in [0.25, 0.3) is 0 Å². The van der Waals surface area contributed by atoms with Crippen molar-refractivity contribution in [3.8, 4) is 0 Å². The molecule has 1 heterocycles. The zero-order chi connectivity index (χ0) is 12.3. The summed E-state index contributed by atoms with van der Waals surface area (Å²) in [7, 11) is 1.37. The van der Waals surface area contributed by atoms with Crippen LogP contribution < -0.4 is 0 Å². The summed E-state index contributed by atoms with van der Waals surface area (Å²) in [6.07, 6.45) is 2.86. The fraction of sp³-hybridized carbons (Fsp3) is 0.833. The van der Waals surface area contributed by atoms with Crippen LogP contribution in [0, 0.1) is 0 Å². The minimum absolute atomic E-state index is 0.0732. The number of ketones is 1. The molecule has 2 atom stereocenters. The molecule has 0 aliphatic carbocycles. The molecule has 1 amide bonds. The van der Waals surface area contributed by atoms with Gasteiger partial charge in [-0.1, -0.05) is 13.3 Å². The lowest BCUT2D eigenvalue weighted by atomic mass is 9.87. The molecule has 0 N–H and O–H groups in total. The van der Waals surface area contributed by atoms with Gasteiger partial charge in [-0.05, 0) is 33.1 Å². The Morgan fingerprint density at radius 1 is 1.50 bits per heavy atom. The van der Waals surface area contributed by atoms with Crippen LogP contribution in [0.3, 0.4) is 0 Å². The van der Waals surface area contributed by atoms with Crippen molar-refractivity contribution in [2.24, 2.45) is 0 Å². The number of hydrogen-bond donors (Lipinski definition) is 0. The summed E-state index contributed by atoms with van der Waals surface area (Å²) in [5, 5.41) is 0. The van der Waals surface area contributed by atoms with Crippen molar-refractivity contribution in [2.75, 3.05) is 7.11 Å². The fourth-order valence-corrected chi connectivity index (χ4v) is 2.75. The maximum absolute atomic E-state index is 11.9. The van der Waals surface area contributed by atoms with Gasteiger partial charge in [0, 0.05) is 6.04 Å². The summed E-state index contributed by atoms with van der Waals surface area (Å²) < 4.78 is 4.79. The van der Waals surface area contributed by atoms with Gasteiger partial charge in [0.1, 0.15) is 5.54 Å². The molecule has 0 aromatic rings. The van der Waals surface area contributed by atoms with Crippen LogP contribution in [0.15, 0.2) is 0 Å². The van der Waals surface area contributed by atoms with Crippen LogP contribution in [0.5, 0.6) is 0 Å². The first kappa shape index (κ1) is 13.0. The summed E-state index contributed by atoms with van der Waals surface area (Å²) in [5.74, 6) is 0.0732. The molecule has 1 saturated heterocycles. The Balaban J connectivity index is 3.06. The molecule has 4 nitrogen and oxygen atoms in total. The van der Waals surface area contributed by atoms with Crippen LogP contribution in [0.4, 0.5) is 4.79 Å². The van der Waals surface area contributed by atoms with Crippen molar-refractivity contribution < 1.29 is 14.3 Å². The van der Waals surface area contributed by atoms with Gasteiger partial charge in [0.25, 0.3) is 0 Å². The molecule has 0 aromatic heterocycles. The Morgan fingerprint density at radius 2 is 2.12 bits per heavy atom. The highest BCUT2D eigenvalue weighted by molar-refractivity contribution is 5.90. The molecule has 2 unspecified atom stereocenters. The molecule has 0 radical (unpaired) electrons. The van der Waals surface area contributed by atoms with E-state index in [9.17, 15) is 9.59 Å². The van der Waals surface area contributed by atoms with Crippen molar-refractivity contribution in [2.45, 2.75) is 58.0 Å². The third kappa shape index (κ3) is 1.93. The molecule has 4 heteroatoms. The van der Waals surface area contributed by atoms with E-state index in [1.54, 1.807) is 11.8 Å². The predicted molar refractivity (Wildman–Crippen MR) is 61.3 cm³/mol. The lowest BCUT2D eigenvalue weighted by Crippen LogP contribution is -2.54. The smallest absolute Gasteiger partial charge is 0.410 e. The highest BCUT2D eigenvalue weighted by atomic mass is 16.5. The minimum atomic E-state index is -0.624. The third-order valence-corrected chi connectivity index (χ3v) is 3.57. The second kappa shape index (κ2) is 4.85.